The highest BCUT2D eigenvalue weighted by atomic mass is 32.1. The molecule has 5 aromatic carbocycles. The Kier molecular flexibility index (Phi) is 5.80. The number of benzene rings is 5. The normalized spacial score (nSPS) is 13.0. The van der Waals surface area contributed by atoms with Crippen molar-refractivity contribution in [1.82, 2.24) is 9.13 Å². The van der Waals surface area contributed by atoms with Crippen LogP contribution in [-0.4, -0.2) is 9.13 Å². The summed E-state index contributed by atoms with van der Waals surface area (Å²) < 4.78 is 7.82. The van der Waals surface area contributed by atoms with Gasteiger partial charge in [-0.2, -0.15) is 0 Å². The Hall–Kier alpha value is -4.38. The molecule has 0 aliphatic rings. The monoisotopic (exact) mass is 632 g/mol. The maximum atomic E-state index is 2.56. The molecule has 0 spiro atoms. The zero-order chi connectivity index (χ0) is 31.5. The standard InChI is InChI=1S/C42H36N2S2/c1-41(2,3)35-23-29-37(43-31-19-11-7-15-25(31)26-16-8-12-20-32(26)43)40-30(24-36(46-40)42(4,5)6)38(39(29)45-35)44-33-21-13-9-17-27(33)28-18-10-14-22-34(28)44/h7-24H,1-6H3. The Morgan fingerprint density at radius 2 is 0.674 bits per heavy atom. The number of rotatable bonds is 2. The molecular weight excluding hydrogens is 597 g/mol. The molecule has 46 heavy (non-hydrogen) atoms. The van der Waals surface area contributed by atoms with Crippen LogP contribution in [0.15, 0.2) is 109 Å². The van der Waals surface area contributed by atoms with Crippen LogP contribution in [0.1, 0.15) is 51.3 Å². The van der Waals surface area contributed by atoms with Gasteiger partial charge in [0.2, 0.25) is 0 Å². The molecule has 0 atom stereocenters. The predicted octanol–water partition coefficient (Wildman–Crippen LogP) is 12.9. The molecule has 0 aliphatic carbocycles. The number of aromatic nitrogens is 2. The van der Waals surface area contributed by atoms with Crippen molar-refractivity contribution < 1.29 is 0 Å². The van der Waals surface area contributed by atoms with Gasteiger partial charge in [-0.3, -0.25) is 0 Å². The van der Waals surface area contributed by atoms with Crippen molar-refractivity contribution in [3.8, 4) is 11.4 Å². The minimum Gasteiger partial charge on any atom is -0.307 e. The molecule has 2 nitrogen and oxygen atoms in total. The summed E-state index contributed by atoms with van der Waals surface area (Å²) in [5.41, 5.74) is 7.66. The highest BCUT2D eigenvalue weighted by molar-refractivity contribution is 7.22. The SMILES string of the molecule is CC(C)(C)c1cc2c(-n3c4ccccc4c4ccccc43)c3sc(C(C)(C)C)cc3c(-n3c4ccccc4c4ccccc43)c2s1. The third kappa shape index (κ3) is 3.87. The molecule has 0 amide bonds. The van der Waals surface area contributed by atoms with E-state index in [1.54, 1.807) is 0 Å². The molecule has 226 valence electrons. The Bertz CT molecular complexity index is 2310. The van der Waals surface area contributed by atoms with Crippen molar-refractivity contribution >= 4 is 86.5 Å². The van der Waals surface area contributed by atoms with Crippen LogP contribution in [0.2, 0.25) is 0 Å². The lowest BCUT2D eigenvalue weighted by molar-refractivity contribution is 0.604. The van der Waals surface area contributed by atoms with Gasteiger partial charge in [0.15, 0.2) is 0 Å². The van der Waals surface area contributed by atoms with E-state index in [2.05, 4.69) is 160 Å². The lowest BCUT2D eigenvalue weighted by Gasteiger charge is -2.17. The number of hydrogen-bond donors (Lipinski definition) is 0. The van der Waals surface area contributed by atoms with E-state index in [-0.39, 0.29) is 10.8 Å². The molecular formula is C42H36N2S2. The van der Waals surface area contributed by atoms with Crippen LogP contribution in [0.25, 0.3) is 75.2 Å². The van der Waals surface area contributed by atoms with E-state index < -0.39 is 0 Å². The Morgan fingerprint density at radius 3 is 0.957 bits per heavy atom. The molecule has 4 aromatic heterocycles. The lowest BCUT2D eigenvalue weighted by Crippen LogP contribution is -2.08. The number of nitrogens with zero attached hydrogens (tertiary/aromatic N) is 2. The average Bonchev–Trinajstić information content (AvgIpc) is 3.81. The maximum absolute atomic E-state index is 2.56. The number of thiophene rings is 2. The van der Waals surface area contributed by atoms with E-state index in [9.17, 15) is 0 Å². The van der Waals surface area contributed by atoms with Crippen LogP contribution in [0.4, 0.5) is 0 Å². The van der Waals surface area contributed by atoms with Crippen LogP contribution in [0, 0.1) is 0 Å². The van der Waals surface area contributed by atoms with E-state index in [0.717, 1.165) is 0 Å². The second-order valence-electron chi connectivity index (χ2n) is 14.6. The van der Waals surface area contributed by atoms with Gasteiger partial charge < -0.3 is 9.13 Å². The molecule has 0 aliphatic heterocycles. The van der Waals surface area contributed by atoms with E-state index in [4.69, 9.17) is 0 Å². The van der Waals surface area contributed by atoms with E-state index >= 15 is 0 Å². The molecule has 0 saturated carbocycles. The summed E-state index contributed by atoms with van der Waals surface area (Å²) >= 11 is 3.94. The van der Waals surface area contributed by atoms with Crippen LogP contribution in [0.3, 0.4) is 0 Å². The van der Waals surface area contributed by atoms with Crippen molar-refractivity contribution in [3.63, 3.8) is 0 Å². The van der Waals surface area contributed by atoms with Gasteiger partial charge in [0, 0.05) is 42.1 Å². The number of hydrogen-bond acceptors (Lipinski definition) is 2. The fraction of sp³-hybridized carbons (Fsp3) is 0.190. The number of para-hydroxylation sites is 4. The summed E-state index contributed by atoms with van der Waals surface area (Å²) in [5, 5.41) is 7.84. The van der Waals surface area contributed by atoms with Gasteiger partial charge in [0.25, 0.3) is 0 Å². The summed E-state index contributed by atoms with van der Waals surface area (Å²) in [4.78, 5) is 2.81. The smallest absolute Gasteiger partial charge is 0.0729 e. The van der Waals surface area contributed by atoms with E-state index in [0.29, 0.717) is 0 Å². The third-order valence-electron chi connectivity index (χ3n) is 9.49. The Morgan fingerprint density at radius 1 is 0.391 bits per heavy atom. The molecule has 9 aromatic rings. The van der Waals surface area contributed by atoms with Crippen molar-refractivity contribution in [2.45, 2.75) is 52.4 Å². The second-order valence-corrected chi connectivity index (χ2v) is 16.7. The number of fused-ring (bicyclic) bond motifs is 8. The zero-order valence-corrected chi connectivity index (χ0v) is 28.7. The summed E-state index contributed by atoms with van der Waals surface area (Å²) in [7, 11) is 0. The first-order valence-corrected chi connectivity index (χ1v) is 17.8. The van der Waals surface area contributed by atoms with Gasteiger partial charge in [-0.25, -0.2) is 0 Å². The predicted molar refractivity (Wildman–Crippen MR) is 203 cm³/mol. The Balaban J connectivity index is 1.57. The van der Waals surface area contributed by atoms with Crippen LogP contribution >= 0.6 is 22.7 Å². The molecule has 4 heterocycles. The van der Waals surface area contributed by atoms with Crippen molar-refractivity contribution in [1.29, 1.82) is 0 Å². The summed E-state index contributed by atoms with van der Waals surface area (Å²) in [5.74, 6) is 0. The van der Waals surface area contributed by atoms with Crippen molar-refractivity contribution in [2.75, 3.05) is 0 Å². The fourth-order valence-electron chi connectivity index (χ4n) is 7.24. The van der Waals surface area contributed by atoms with Gasteiger partial charge in [-0.1, -0.05) is 114 Å². The van der Waals surface area contributed by atoms with Gasteiger partial charge in [0.05, 0.1) is 42.8 Å². The summed E-state index contributed by atoms with van der Waals surface area (Å²) in [6.45, 7) is 14.1. The third-order valence-corrected chi connectivity index (χ3v) is 12.6. The fourth-order valence-corrected chi connectivity index (χ4v) is 9.77. The van der Waals surface area contributed by atoms with E-state index in [1.165, 1.54) is 84.9 Å². The van der Waals surface area contributed by atoms with Crippen LogP contribution in [0.5, 0.6) is 0 Å². The van der Waals surface area contributed by atoms with Gasteiger partial charge in [-0.05, 0) is 47.2 Å². The van der Waals surface area contributed by atoms with Gasteiger partial charge >= 0.3 is 0 Å². The highest BCUT2D eigenvalue weighted by Gasteiger charge is 2.29. The largest absolute Gasteiger partial charge is 0.307 e. The molecule has 0 N–H and O–H groups in total. The first-order chi connectivity index (χ1) is 22.1. The summed E-state index contributed by atoms with van der Waals surface area (Å²) in [6.07, 6.45) is 0. The minimum absolute atomic E-state index is 0.0177. The zero-order valence-electron chi connectivity index (χ0n) is 27.1. The Labute approximate surface area is 277 Å². The molecule has 9 rings (SSSR count). The van der Waals surface area contributed by atoms with Gasteiger partial charge in [-0.15, -0.1) is 22.7 Å². The average molecular weight is 633 g/mol. The highest BCUT2D eigenvalue weighted by Crippen LogP contribution is 2.51. The van der Waals surface area contributed by atoms with Crippen molar-refractivity contribution in [3.05, 3.63) is 119 Å². The molecule has 0 radical (unpaired) electrons. The summed E-state index contributed by atoms with van der Waals surface area (Å²) in [6, 6.07) is 40.7. The second kappa shape index (κ2) is 9.57. The molecule has 4 heteroatoms. The molecule has 0 unspecified atom stereocenters. The topological polar surface area (TPSA) is 9.86 Å². The van der Waals surface area contributed by atoms with Crippen LogP contribution < -0.4 is 0 Å². The first kappa shape index (κ1) is 27.9. The van der Waals surface area contributed by atoms with Crippen molar-refractivity contribution in [2.24, 2.45) is 0 Å². The molecule has 0 bridgehead atoms. The quantitative estimate of drug-likeness (QED) is 0.179. The molecule has 0 saturated heterocycles. The first-order valence-electron chi connectivity index (χ1n) is 16.1. The maximum Gasteiger partial charge on any atom is 0.0729 e. The molecule has 0 fully saturated rings. The lowest BCUT2D eigenvalue weighted by atomic mass is 9.93. The minimum atomic E-state index is 0.0177. The van der Waals surface area contributed by atoms with E-state index in [1.807, 2.05) is 22.7 Å². The van der Waals surface area contributed by atoms with Crippen LogP contribution in [-0.2, 0) is 10.8 Å². The van der Waals surface area contributed by atoms with Gasteiger partial charge in [0.1, 0.15) is 0 Å².